The molecule has 1 aliphatic heterocycles. The molecule has 4 aromatic rings. The molecule has 8 nitrogen and oxygen atoms in total. The van der Waals surface area contributed by atoms with Crippen molar-refractivity contribution in [2.24, 2.45) is 10.7 Å². The van der Waals surface area contributed by atoms with Crippen LogP contribution in [0.2, 0.25) is 10.0 Å². The van der Waals surface area contributed by atoms with Crippen molar-refractivity contribution in [2.75, 3.05) is 17.8 Å². The third kappa shape index (κ3) is 6.82. The number of hydrogen-bond acceptors (Lipinski definition) is 6. The number of carbonyl (C=O) groups is 1. The van der Waals surface area contributed by atoms with Crippen LogP contribution >= 0.6 is 23.2 Å². The fourth-order valence-electron chi connectivity index (χ4n) is 4.39. The molecule has 0 aromatic heterocycles. The number of amidine groups is 1. The summed E-state index contributed by atoms with van der Waals surface area (Å²) in [7, 11) is -4.06. The summed E-state index contributed by atoms with van der Waals surface area (Å²) in [6, 6.07) is 23.6. The molecule has 210 valence electrons. The van der Waals surface area contributed by atoms with Gasteiger partial charge in [0, 0.05) is 23.7 Å². The number of carbonyl (C=O) groups excluding carboxylic acids is 1. The van der Waals surface area contributed by atoms with Crippen LogP contribution in [0.1, 0.15) is 27.0 Å². The zero-order valence-corrected chi connectivity index (χ0v) is 24.1. The summed E-state index contributed by atoms with van der Waals surface area (Å²) in [5.74, 6) is 0.908. The molecule has 1 amide bonds. The summed E-state index contributed by atoms with van der Waals surface area (Å²) in [6.07, 6.45) is 0.995. The first-order valence-corrected chi connectivity index (χ1v) is 15.0. The summed E-state index contributed by atoms with van der Waals surface area (Å²) in [5, 5.41) is 3.92. The van der Waals surface area contributed by atoms with Gasteiger partial charge in [-0.2, -0.15) is 0 Å². The molecule has 0 fully saturated rings. The van der Waals surface area contributed by atoms with Crippen molar-refractivity contribution >= 4 is 50.7 Å². The Balaban J connectivity index is 1.36. The third-order valence-electron chi connectivity index (χ3n) is 6.49. The molecule has 0 saturated carbocycles. The van der Waals surface area contributed by atoms with Crippen LogP contribution in [0.4, 0.5) is 5.69 Å². The van der Waals surface area contributed by atoms with E-state index in [4.69, 9.17) is 33.7 Å². The lowest BCUT2D eigenvalue weighted by atomic mass is 9.99. The van der Waals surface area contributed by atoms with Crippen molar-refractivity contribution in [3.05, 3.63) is 117 Å². The maximum absolute atomic E-state index is 13.4. The Morgan fingerprint density at radius 1 is 0.951 bits per heavy atom. The zero-order chi connectivity index (χ0) is 29.0. The van der Waals surface area contributed by atoms with Crippen LogP contribution < -0.4 is 20.5 Å². The van der Waals surface area contributed by atoms with Gasteiger partial charge in [-0.15, -0.1) is 0 Å². The lowest BCUT2D eigenvalue weighted by Crippen LogP contribution is -2.19. The smallest absolute Gasteiger partial charge is 0.262 e. The number of nitrogens with two attached hydrogens (primary N) is 1. The van der Waals surface area contributed by atoms with Crippen LogP contribution in [0.15, 0.2) is 94.8 Å². The molecular formula is C30H26Cl2N4O4S. The van der Waals surface area contributed by atoms with E-state index in [0.29, 0.717) is 34.2 Å². The topological polar surface area (TPSA) is 123 Å². The van der Waals surface area contributed by atoms with E-state index < -0.39 is 15.9 Å². The Labute approximate surface area is 248 Å². The third-order valence-corrected chi connectivity index (χ3v) is 8.59. The number of hydrogen-bond donors (Lipinski definition) is 3. The maximum Gasteiger partial charge on any atom is 0.262 e. The van der Waals surface area contributed by atoms with Gasteiger partial charge in [0.05, 0.1) is 27.2 Å². The van der Waals surface area contributed by atoms with Crippen molar-refractivity contribution in [1.29, 1.82) is 0 Å². The summed E-state index contributed by atoms with van der Waals surface area (Å²) < 4.78 is 35.3. The van der Waals surface area contributed by atoms with Crippen molar-refractivity contribution < 1.29 is 17.9 Å². The number of primary amides is 1. The molecule has 0 bridgehead atoms. The van der Waals surface area contributed by atoms with Gasteiger partial charge in [0.1, 0.15) is 11.6 Å². The van der Waals surface area contributed by atoms with Gasteiger partial charge >= 0.3 is 0 Å². The summed E-state index contributed by atoms with van der Waals surface area (Å²) in [5.41, 5.74) is 8.68. The van der Waals surface area contributed by atoms with Gasteiger partial charge in [-0.25, -0.2) is 8.42 Å². The van der Waals surface area contributed by atoms with Crippen LogP contribution in [0.5, 0.6) is 11.5 Å². The van der Waals surface area contributed by atoms with Gasteiger partial charge in [0.25, 0.3) is 10.0 Å². The number of rotatable bonds is 10. The van der Waals surface area contributed by atoms with E-state index >= 15 is 0 Å². The van der Waals surface area contributed by atoms with Gasteiger partial charge in [-0.3, -0.25) is 14.5 Å². The standard InChI is InChI=1S/C30H26Cl2N4O4S/c31-25-14-11-22(18-26(25)32)40-28-4-2-1-3-27(28)36-41(38,39)23-12-13-24(29(33)37)21(17-23)10-7-19-5-8-20(9-6-19)30-34-15-16-35-30/h1-6,8-9,11-14,17-18,36H,7,10,15-16H2,(H2,33,37)(H,34,35). The Morgan fingerprint density at radius 3 is 2.44 bits per heavy atom. The van der Waals surface area contributed by atoms with E-state index in [1.165, 1.54) is 24.3 Å². The molecule has 5 rings (SSSR count). The first-order valence-electron chi connectivity index (χ1n) is 12.7. The lowest BCUT2D eigenvalue weighted by molar-refractivity contribution is 0.0999. The molecule has 1 heterocycles. The number of nitrogens with one attached hydrogen (secondary N) is 2. The second-order valence-corrected chi connectivity index (χ2v) is 11.8. The normalized spacial score (nSPS) is 12.9. The molecule has 0 unspecified atom stereocenters. The molecule has 11 heteroatoms. The fraction of sp³-hybridized carbons (Fsp3) is 0.133. The Morgan fingerprint density at radius 2 is 1.73 bits per heavy atom. The number of aliphatic imine (C=N–C) groups is 1. The van der Waals surface area contributed by atoms with Crippen molar-refractivity contribution in [2.45, 2.75) is 17.7 Å². The van der Waals surface area contributed by atoms with Gasteiger partial charge in [-0.1, -0.05) is 59.6 Å². The number of aryl methyl sites for hydroxylation is 2. The minimum Gasteiger partial charge on any atom is -0.455 e. The van der Waals surface area contributed by atoms with Gasteiger partial charge in [0.2, 0.25) is 5.91 Å². The van der Waals surface area contributed by atoms with Crippen LogP contribution in [0.25, 0.3) is 0 Å². The number of anilines is 1. The Kier molecular flexibility index (Phi) is 8.49. The molecule has 4 N–H and O–H groups in total. The van der Waals surface area contributed by atoms with Gasteiger partial charge in [-0.05, 0) is 66.4 Å². The number of para-hydroxylation sites is 2. The van der Waals surface area contributed by atoms with Crippen LogP contribution in [-0.4, -0.2) is 33.3 Å². The number of ether oxygens (including phenoxy) is 1. The van der Waals surface area contributed by atoms with Crippen molar-refractivity contribution in [3.63, 3.8) is 0 Å². The van der Waals surface area contributed by atoms with E-state index in [-0.39, 0.29) is 21.9 Å². The molecule has 0 atom stereocenters. The fourth-order valence-corrected chi connectivity index (χ4v) is 5.80. The predicted octanol–water partition coefficient (Wildman–Crippen LogP) is 5.82. The van der Waals surface area contributed by atoms with E-state index in [1.54, 1.807) is 36.4 Å². The second-order valence-electron chi connectivity index (χ2n) is 9.32. The molecule has 41 heavy (non-hydrogen) atoms. The van der Waals surface area contributed by atoms with Crippen LogP contribution in [0.3, 0.4) is 0 Å². The van der Waals surface area contributed by atoms with E-state index in [2.05, 4.69) is 15.0 Å². The lowest BCUT2D eigenvalue weighted by Gasteiger charge is -2.15. The summed E-state index contributed by atoms with van der Waals surface area (Å²) in [4.78, 5) is 16.6. The number of halogens is 2. The Hall–Kier alpha value is -4.05. The van der Waals surface area contributed by atoms with E-state index in [9.17, 15) is 13.2 Å². The Bertz CT molecular complexity index is 1740. The molecule has 0 spiro atoms. The maximum atomic E-state index is 13.4. The molecule has 0 aliphatic carbocycles. The molecular weight excluding hydrogens is 583 g/mol. The molecule has 1 aliphatic rings. The van der Waals surface area contributed by atoms with Crippen LogP contribution in [-0.2, 0) is 22.9 Å². The summed E-state index contributed by atoms with van der Waals surface area (Å²) in [6.45, 7) is 1.59. The highest BCUT2D eigenvalue weighted by Gasteiger charge is 2.20. The van der Waals surface area contributed by atoms with Crippen molar-refractivity contribution in [3.8, 4) is 11.5 Å². The predicted molar refractivity (Wildman–Crippen MR) is 162 cm³/mol. The van der Waals surface area contributed by atoms with Gasteiger partial charge < -0.3 is 15.8 Å². The largest absolute Gasteiger partial charge is 0.455 e. The van der Waals surface area contributed by atoms with Crippen LogP contribution in [0, 0.1) is 0 Å². The van der Waals surface area contributed by atoms with Crippen molar-refractivity contribution in [1.82, 2.24) is 5.32 Å². The first-order chi connectivity index (χ1) is 19.7. The van der Waals surface area contributed by atoms with Gasteiger partial charge in [0.15, 0.2) is 5.75 Å². The van der Waals surface area contributed by atoms with E-state index in [1.807, 2.05) is 24.3 Å². The molecule has 4 aromatic carbocycles. The summed E-state index contributed by atoms with van der Waals surface area (Å²) >= 11 is 12.1. The second kappa shape index (κ2) is 12.2. The minimum atomic E-state index is -4.06. The number of amides is 1. The van der Waals surface area contributed by atoms with E-state index in [0.717, 1.165) is 30.1 Å². The number of sulfonamides is 1. The SMILES string of the molecule is NC(=O)c1ccc(S(=O)(=O)Nc2ccccc2Oc2ccc(Cl)c(Cl)c2)cc1CCc1ccc(C2=NCCN2)cc1. The first kappa shape index (κ1) is 28.5. The monoisotopic (exact) mass is 608 g/mol. The number of benzene rings is 4. The highest BCUT2D eigenvalue weighted by atomic mass is 35.5. The zero-order valence-electron chi connectivity index (χ0n) is 21.7. The minimum absolute atomic E-state index is 0.0116. The average Bonchev–Trinajstić information content (AvgIpc) is 3.50. The highest BCUT2D eigenvalue weighted by Crippen LogP contribution is 2.34. The molecule has 0 saturated heterocycles. The number of nitrogens with zero attached hydrogens (tertiary/aromatic N) is 1. The highest BCUT2D eigenvalue weighted by molar-refractivity contribution is 7.92. The molecule has 0 radical (unpaired) electrons. The average molecular weight is 610 g/mol. The quantitative estimate of drug-likeness (QED) is 0.209.